The van der Waals surface area contributed by atoms with Crippen LogP contribution in [-0.4, -0.2) is 42.5 Å². The molecule has 5 nitrogen and oxygen atoms in total. The van der Waals surface area contributed by atoms with E-state index in [1.165, 1.54) is 0 Å². The zero-order chi connectivity index (χ0) is 12.7. The quantitative estimate of drug-likeness (QED) is 0.658. The lowest BCUT2D eigenvalue weighted by Gasteiger charge is -2.34. The zero-order valence-corrected chi connectivity index (χ0v) is 10.5. The van der Waals surface area contributed by atoms with E-state index >= 15 is 0 Å². The first-order chi connectivity index (χ1) is 8.08. The minimum Gasteiger partial charge on any atom is -0.480 e. The number of carbonyl (C=O) groups is 1. The average molecular weight is 245 g/mol. The molecule has 0 aliphatic heterocycles. The normalized spacial score (nSPS) is 29.2. The second kappa shape index (κ2) is 6.93. The van der Waals surface area contributed by atoms with Gasteiger partial charge in [-0.1, -0.05) is 6.92 Å². The van der Waals surface area contributed by atoms with Crippen molar-refractivity contribution in [3.63, 3.8) is 0 Å². The highest BCUT2D eigenvalue weighted by atomic mass is 16.5. The number of ether oxygens (including phenoxy) is 2. The molecule has 1 aliphatic rings. The van der Waals surface area contributed by atoms with Gasteiger partial charge in [0.2, 0.25) is 0 Å². The first kappa shape index (κ1) is 14.4. The predicted octanol–water partition coefficient (Wildman–Crippen LogP) is 1.15. The monoisotopic (exact) mass is 245 g/mol. The van der Waals surface area contributed by atoms with Crippen molar-refractivity contribution in [2.24, 2.45) is 5.73 Å². The SMILES string of the molecule is CCCOCCOC1CCCC(N)(C(=O)O)C1. The van der Waals surface area contributed by atoms with E-state index < -0.39 is 11.5 Å². The molecule has 0 spiro atoms. The van der Waals surface area contributed by atoms with Crippen molar-refractivity contribution in [2.75, 3.05) is 19.8 Å². The van der Waals surface area contributed by atoms with Gasteiger partial charge >= 0.3 is 5.97 Å². The van der Waals surface area contributed by atoms with E-state index in [0.717, 1.165) is 25.9 Å². The van der Waals surface area contributed by atoms with E-state index in [1.54, 1.807) is 0 Å². The van der Waals surface area contributed by atoms with Crippen LogP contribution in [-0.2, 0) is 14.3 Å². The van der Waals surface area contributed by atoms with Crippen LogP contribution < -0.4 is 5.73 Å². The fourth-order valence-electron chi connectivity index (χ4n) is 2.11. The van der Waals surface area contributed by atoms with Crippen molar-refractivity contribution < 1.29 is 19.4 Å². The molecule has 0 aromatic heterocycles. The summed E-state index contributed by atoms with van der Waals surface area (Å²) in [7, 11) is 0. The molecule has 1 fully saturated rings. The fraction of sp³-hybridized carbons (Fsp3) is 0.917. The molecule has 0 aromatic carbocycles. The minimum atomic E-state index is -1.10. The van der Waals surface area contributed by atoms with E-state index in [2.05, 4.69) is 6.92 Å². The van der Waals surface area contributed by atoms with Crippen LogP contribution in [0, 0.1) is 0 Å². The molecule has 0 saturated heterocycles. The van der Waals surface area contributed by atoms with Gasteiger partial charge in [0.05, 0.1) is 19.3 Å². The van der Waals surface area contributed by atoms with Crippen molar-refractivity contribution in [3.05, 3.63) is 0 Å². The summed E-state index contributed by atoms with van der Waals surface area (Å²) in [6, 6.07) is 0. The number of rotatable bonds is 7. The second-order valence-corrected chi connectivity index (χ2v) is 4.66. The Morgan fingerprint density at radius 3 is 2.88 bits per heavy atom. The molecule has 2 atom stereocenters. The van der Waals surface area contributed by atoms with Crippen molar-refractivity contribution in [1.29, 1.82) is 0 Å². The van der Waals surface area contributed by atoms with Crippen LogP contribution in [0.2, 0.25) is 0 Å². The van der Waals surface area contributed by atoms with E-state index in [-0.39, 0.29) is 6.10 Å². The zero-order valence-electron chi connectivity index (χ0n) is 10.5. The van der Waals surface area contributed by atoms with E-state index in [0.29, 0.717) is 26.1 Å². The van der Waals surface area contributed by atoms with E-state index in [9.17, 15) is 4.79 Å². The molecule has 0 radical (unpaired) electrons. The van der Waals surface area contributed by atoms with Crippen LogP contribution in [0.5, 0.6) is 0 Å². The van der Waals surface area contributed by atoms with Crippen LogP contribution in [0.4, 0.5) is 0 Å². The molecule has 0 amide bonds. The maximum atomic E-state index is 11.0. The smallest absolute Gasteiger partial charge is 0.323 e. The number of carboxylic acids is 1. The summed E-state index contributed by atoms with van der Waals surface area (Å²) >= 11 is 0. The lowest BCUT2D eigenvalue weighted by atomic mass is 9.81. The summed E-state index contributed by atoms with van der Waals surface area (Å²) in [5.74, 6) is -0.923. The van der Waals surface area contributed by atoms with Crippen molar-refractivity contribution >= 4 is 5.97 Å². The fourth-order valence-corrected chi connectivity index (χ4v) is 2.11. The van der Waals surface area contributed by atoms with Crippen LogP contribution in [0.1, 0.15) is 39.0 Å². The van der Waals surface area contributed by atoms with Gasteiger partial charge in [0.25, 0.3) is 0 Å². The summed E-state index contributed by atoms with van der Waals surface area (Å²) in [5, 5.41) is 9.05. The predicted molar refractivity (Wildman–Crippen MR) is 63.9 cm³/mol. The summed E-state index contributed by atoms with van der Waals surface area (Å²) in [6.07, 6.45) is 3.58. The van der Waals surface area contributed by atoms with Crippen LogP contribution in [0.3, 0.4) is 0 Å². The Morgan fingerprint density at radius 2 is 2.24 bits per heavy atom. The van der Waals surface area contributed by atoms with Gasteiger partial charge in [0.15, 0.2) is 0 Å². The Morgan fingerprint density at radius 1 is 1.47 bits per heavy atom. The Bertz CT molecular complexity index is 247. The molecule has 1 aliphatic carbocycles. The van der Waals surface area contributed by atoms with Crippen LogP contribution in [0.15, 0.2) is 0 Å². The highest BCUT2D eigenvalue weighted by molar-refractivity contribution is 5.78. The molecule has 0 bridgehead atoms. The number of nitrogens with two attached hydrogens (primary N) is 1. The lowest BCUT2D eigenvalue weighted by molar-refractivity contribution is -0.147. The maximum Gasteiger partial charge on any atom is 0.323 e. The Kier molecular flexibility index (Phi) is 5.88. The topological polar surface area (TPSA) is 81.8 Å². The third kappa shape index (κ3) is 4.61. The summed E-state index contributed by atoms with van der Waals surface area (Å²) in [5.41, 5.74) is 4.73. The molecule has 17 heavy (non-hydrogen) atoms. The van der Waals surface area contributed by atoms with Crippen molar-refractivity contribution in [2.45, 2.75) is 50.7 Å². The second-order valence-electron chi connectivity index (χ2n) is 4.66. The molecular formula is C12H23NO4. The number of carboxylic acid groups (broad SMARTS) is 1. The van der Waals surface area contributed by atoms with Gasteiger partial charge in [0.1, 0.15) is 5.54 Å². The molecule has 3 N–H and O–H groups in total. The lowest BCUT2D eigenvalue weighted by Crippen LogP contribution is -2.52. The minimum absolute atomic E-state index is 0.0462. The van der Waals surface area contributed by atoms with Crippen molar-refractivity contribution in [1.82, 2.24) is 0 Å². The first-order valence-electron chi connectivity index (χ1n) is 6.30. The van der Waals surface area contributed by atoms with Gasteiger partial charge in [-0.2, -0.15) is 0 Å². The Hall–Kier alpha value is -0.650. The molecule has 2 unspecified atom stereocenters. The van der Waals surface area contributed by atoms with E-state index in [4.69, 9.17) is 20.3 Å². The van der Waals surface area contributed by atoms with E-state index in [1.807, 2.05) is 0 Å². The molecule has 0 heterocycles. The molecule has 0 aromatic rings. The van der Waals surface area contributed by atoms with Gasteiger partial charge in [-0.25, -0.2) is 0 Å². The van der Waals surface area contributed by atoms with Crippen molar-refractivity contribution in [3.8, 4) is 0 Å². The third-order valence-electron chi connectivity index (χ3n) is 3.10. The Balaban J connectivity index is 2.23. The summed E-state index contributed by atoms with van der Waals surface area (Å²) in [4.78, 5) is 11.0. The van der Waals surface area contributed by atoms with Gasteiger partial charge < -0.3 is 20.3 Å². The highest BCUT2D eigenvalue weighted by Crippen LogP contribution is 2.28. The summed E-state index contributed by atoms with van der Waals surface area (Å²) < 4.78 is 10.9. The molecular weight excluding hydrogens is 222 g/mol. The molecule has 5 heteroatoms. The highest BCUT2D eigenvalue weighted by Gasteiger charge is 2.39. The number of aliphatic carboxylic acids is 1. The maximum absolute atomic E-state index is 11.0. The first-order valence-corrected chi connectivity index (χ1v) is 6.30. The van der Waals surface area contributed by atoms with Gasteiger partial charge in [-0.3, -0.25) is 4.79 Å². The Labute approximate surface area is 102 Å². The average Bonchev–Trinajstić information content (AvgIpc) is 2.29. The molecule has 1 rings (SSSR count). The third-order valence-corrected chi connectivity index (χ3v) is 3.10. The van der Waals surface area contributed by atoms with Gasteiger partial charge in [0, 0.05) is 13.0 Å². The largest absolute Gasteiger partial charge is 0.480 e. The van der Waals surface area contributed by atoms with Crippen LogP contribution >= 0.6 is 0 Å². The molecule has 100 valence electrons. The van der Waals surface area contributed by atoms with Gasteiger partial charge in [-0.15, -0.1) is 0 Å². The molecule has 1 saturated carbocycles. The van der Waals surface area contributed by atoms with Gasteiger partial charge in [-0.05, 0) is 25.7 Å². The van der Waals surface area contributed by atoms with Crippen LogP contribution in [0.25, 0.3) is 0 Å². The summed E-state index contributed by atoms with van der Waals surface area (Å²) in [6.45, 7) is 3.87. The standard InChI is InChI=1S/C12H23NO4/c1-2-6-16-7-8-17-10-4-3-5-12(13,9-10)11(14)15/h10H,2-9,13H2,1H3,(H,14,15). The number of hydrogen-bond acceptors (Lipinski definition) is 4. The number of hydrogen-bond donors (Lipinski definition) is 2.